The van der Waals surface area contributed by atoms with Gasteiger partial charge >= 0.3 is 0 Å². The summed E-state index contributed by atoms with van der Waals surface area (Å²) in [7, 11) is -3.15. The van der Waals surface area contributed by atoms with E-state index in [-0.39, 0.29) is 6.04 Å². The maximum absolute atomic E-state index is 11.2. The van der Waals surface area contributed by atoms with E-state index in [1.807, 2.05) is 53.7 Å². The second-order valence-electron chi connectivity index (χ2n) is 6.61. The lowest BCUT2D eigenvalue weighted by Crippen LogP contribution is -2.45. The summed E-state index contributed by atoms with van der Waals surface area (Å²) in [4.78, 5) is 0. The highest BCUT2D eigenvalue weighted by Crippen LogP contribution is 2.59. The molecule has 0 amide bonds. The molecule has 3 rings (SSSR count). The topological polar surface area (TPSA) is 73.0 Å². The number of benzene rings is 2. The van der Waals surface area contributed by atoms with Crippen molar-refractivity contribution in [3.05, 3.63) is 59.7 Å². The van der Waals surface area contributed by atoms with Crippen molar-refractivity contribution < 1.29 is 9.11 Å². The summed E-state index contributed by atoms with van der Waals surface area (Å²) in [5.41, 5.74) is 9.56. The number of hydrogen-bond donors (Lipinski definition) is 3. The molecule has 2 aromatic rings. The standard InChI is InChI=1S/C19H27N3O2S/c1-15-10-11-19-17(13-15)14-21(16(2)7-6-12-20)25(23,24)22(19)18-8-4-3-5-9-18/h3-5,8-11,13,16,23-24H,6-7,12,14,20H2,1-2H3. The van der Waals surface area contributed by atoms with Crippen LogP contribution in [0, 0.1) is 6.92 Å². The van der Waals surface area contributed by atoms with Crippen LogP contribution in [0.15, 0.2) is 48.5 Å². The highest BCUT2D eigenvalue weighted by molar-refractivity contribution is 8.23. The Morgan fingerprint density at radius 1 is 1.16 bits per heavy atom. The summed E-state index contributed by atoms with van der Waals surface area (Å²) in [6.07, 6.45) is 1.69. The largest absolute Gasteiger partial charge is 0.330 e. The normalized spacial score (nSPS) is 19.3. The summed E-state index contributed by atoms with van der Waals surface area (Å²) in [5, 5.41) is 0. The number of aryl methyl sites for hydroxylation is 1. The smallest absolute Gasteiger partial charge is 0.0687 e. The van der Waals surface area contributed by atoms with Crippen LogP contribution in [0.2, 0.25) is 0 Å². The van der Waals surface area contributed by atoms with Gasteiger partial charge in [-0.15, -0.1) is 0 Å². The lowest BCUT2D eigenvalue weighted by Gasteiger charge is -2.55. The fraction of sp³-hybridized carbons (Fsp3) is 0.368. The Balaban J connectivity index is 2.08. The predicted octanol–water partition coefficient (Wildman–Crippen LogP) is 4.66. The Morgan fingerprint density at radius 2 is 1.88 bits per heavy atom. The van der Waals surface area contributed by atoms with Crippen LogP contribution >= 0.6 is 11.0 Å². The molecule has 2 aromatic carbocycles. The molecular weight excluding hydrogens is 334 g/mol. The second kappa shape index (κ2) is 7.35. The first kappa shape index (κ1) is 18.2. The molecule has 0 aromatic heterocycles. The average Bonchev–Trinajstić information content (AvgIpc) is 2.59. The first-order chi connectivity index (χ1) is 11.9. The lowest BCUT2D eigenvalue weighted by atomic mass is 10.1. The van der Waals surface area contributed by atoms with Crippen LogP contribution in [0.5, 0.6) is 0 Å². The van der Waals surface area contributed by atoms with Gasteiger partial charge in [-0.1, -0.05) is 35.9 Å². The third-order valence-corrected chi connectivity index (χ3v) is 6.66. The quantitative estimate of drug-likeness (QED) is 0.722. The van der Waals surface area contributed by atoms with Crippen LogP contribution in [0.3, 0.4) is 0 Å². The molecule has 0 radical (unpaired) electrons. The van der Waals surface area contributed by atoms with Gasteiger partial charge in [-0.25, -0.2) is 4.31 Å². The summed E-state index contributed by atoms with van der Waals surface area (Å²) in [6, 6.07) is 15.7. The van der Waals surface area contributed by atoms with Crippen LogP contribution in [-0.4, -0.2) is 26.0 Å². The van der Waals surface area contributed by atoms with Crippen LogP contribution in [0.25, 0.3) is 0 Å². The van der Waals surface area contributed by atoms with Gasteiger partial charge in [0.15, 0.2) is 0 Å². The minimum absolute atomic E-state index is 0.0217. The van der Waals surface area contributed by atoms with E-state index in [9.17, 15) is 9.11 Å². The Kier molecular flexibility index (Phi) is 5.36. The first-order valence-corrected chi connectivity index (χ1v) is 10.1. The molecule has 5 nitrogen and oxygen atoms in total. The molecule has 1 unspecified atom stereocenters. The highest BCUT2D eigenvalue weighted by atomic mass is 32.3. The number of hydrogen-bond acceptors (Lipinski definition) is 5. The van der Waals surface area contributed by atoms with Crippen LogP contribution in [-0.2, 0) is 6.54 Å². The molecule has 25 heavy (non-hydrogen) atoms. The lowest BCUT2D eigenvalue weighted by molar-refractivity contribution is 0.269. The van der Waals surface area contributed by atoms with Crippen molar-refractivity contribution in [2.75, 3.05) is 10.8 Å². The van der Waals surface area contributed by atoms with Crippen LogP contribution in [0.1, 0.15) is 30.9 Å². The molecule has 136 valence electrons. The van der Waals surface area contributed by atoms with Gasteiger partial charge in [0.1, 0.15) is 0 Å². The predicted molar refractivity (Wildman–Crippen MR) is 106 cm³/mol. The Bertz CT molecular complexity index is 724. The molecule has 0 spiro atoms. The third-order valence-electron chi connectivity index (χ3n) is 4.65. The van der Waals surface area contributed by atoms with E-state index in [2.05, 4.69) is 13.0 Å². The number of nitrogens with zero attached hydrogens (tertiary/aromatic N) is 2. The number of fused-ring (bicyclic) bond motifs is 1. The van der Waals surface area contributed by atoms with Crippen molar-refractivity contribution in [1.29, 1.82) is 0 Å². The van der Waals surface area contributed by atoms with Crippen molar-refractivity contribution in [2.24, 2.45) is 5.73 Å². The van der Waals surface area contributed by atoms with Crippen molar-refractivity contribution in [2.45, 2.75) is 39.3 Å². The second-order valence-corrected chi connectivity index (χ2v) is 8.42. The molecule has 0 saturated heterocycles. The highest BCUT2D eigenvalue weighted by Gasteiger charge is 2.40. The molecule has 1 atom stereocenters. The van der Waals surface area contributed by atoms with Crippen LogP contribution < -0.4 is 10.0 Å². The van der Waals surface area contributed by atoms with E-state index in [4.69, 9.17) is 5.73 Å². The molecule has 0 fully saturated rings. The number of para-hydroxylation sites is 1. The van der Waals surface area contributed by atoms with Crippen LogP contribution in [0.4, 0.5) is 11.4 Å². The molecular formula is C19H27N3O2S. The van der Waals surface area contributed by atoms with Crippen molar-refractivity contribution in [1.82, 2.24) is 4.31 Å². The van der Waals surface area contributed by atoms with Gasteiger partial charge in [0, 0.05) is 12.6 Å². The molecule has 0 aliphatic carbocycles. The molecule has 0 saturated carbocycles. The molecule has 1 aliphatic rings. The Morgan fingerprint density at radius 3 is 2.56 bits per heavy atom. The third kappa shape index (κ3) is 3.54. The molecule has 4 N–H and O–H groups in total. The van der Waals surface area contributed by atoms with Crippen molar-refractivity contribution >= 4 is 22.3 Å². The first-order valence-electron chi connectivity index (χ1n) is 8.65. The number of anilines is 2. The van der Waals surface area contributed by atoms with E-state index in [0.717, 1.165) is 29.8 Å². The van der Waals surface area contributed by atoms with E-state index in [1.54, 1.807) is 4.31 Å². The zero-order valence-electron chi connectivity index (χ0n) is 14.8. The van der Waals surface area contributed by atoms with Gasteiger partial charge in [-0.2, -0.15) is 4.31 Å². The minimum Gasteiger partial charge on any atom is -0.330 e. The Hall–Kier alpha value is -1.57. The van der Waals surface area contributed by atoms with Gasteiger partial charge in [-0.05, 0) is 68.0 Å². The number of nitrogens with two attached hydrogens (primary N) is 1. The van der Waals surface area contributed by atoms with Crippen molar-refractivity contribution in [3.8, 4) is 0 Å². The van der Waals surface area contributed by atoms with Gasteiger partial charge in [0.25, 0.3) is 0 Å². The summed E-state index contributed by atoms with van der Waals surface area (Å²) >= 11 is 0. The van der Waals surface area contributed by atoms with Gasteiger partial charge in [0.2, 0.25) is 0 Å². The minimum atomic E-state index is -3.15. The van der Waals surface area contributed by atoms with Gasteiger partial charge in [-0.3, -0.25) is 9.11 Å². The average molecular weight is 362 g/mol. The molecule has 1 heterocycles. The summed E-state index contributed by atoms with van der Waals surface area (Å²) in [5.74, 6) is 0. The Labute approximate surface area is 151 Å². The summed E-state index contributed by atoms with van der Waals surface area (Å²) < 4.78 is 25.9. The molecule has 0 bridgehead atoms. The fourth-order valence-corrected chi connectivity index (χ4v) is 5.29. The SMILES string of the molecule is Cc1ccc2c(c1)CN(C(C)CCCN)S(O)(O)N2c1ccccc1. The zero-order chi connectivity index (χ0) is 18.0. The molecule has 6 heteroatoms. The van der Waals surface area contributed by atoms with Crippen molar-refractivity contribution in [3.63, 3.8) is 0 Å². The zero-order valence-corrected chi connectivity index (χ0v) is 15.6. The number of rotatable bonds is 5. The maximum Gasteiger partial charge on any atom is 0.0687 e. The van der Waals surface area contributed by atoms with E-state index in [1.165, 1.54) is 5.56 Å². The maximum atomic E-state index is 11.2. The monoisotopic (exact) mass is 361 g/mol. The fourth-order valence-electron chi connectivity index (χ4n) is 3.33. The van der Waals surface area contributed by atoms with Gasteiger partial charge in [0.05, 0.1) is 11.4 Å². The van der Waals surface area contributed by atoms with E-state index < -0.39 is 11.0 Å². The van der Waals surface area contributed by atoms with E-state index in [0.29, 0.717) is 13.1 Å². The van der Waals surface area contributed by atoms with Gasteiger partial charge < -0.3 is 5.73 Å². The van der Waals surface area contributed by atoms with E-state index >= 15 is 0 Å². The summed E-state index contributed by atoms with van der Waals surface area (Å²) in [6.45, 7) is 5.22. The molecule has 1 aliphatic heterocycles.